The zero-order valence-corrected chi connectivity index (χ0v) is 13.1. The first kappa shape index (κ1) is 15.2. The lowest BCUT2D eigenvalue weighted by Crippen LogP contribution is -2.45. The van der Waals surface area contributed by atoms with E-state index >= 15 is 0 Å². The van der Waals surface area contributed by atoms with E-state index < -0.39 is 0 Å². The molecule has 1 rings (SSSR count). The number of nitrogens with zero attached hydrogens (tertiary/aromatic N) is 1. The molecule has 0 aliphatic rings. The third kappa shape index (κ3) is 4.41. The average molecular weight is 268 g/mol. The van der Waals surface area contributed by atoms with Gasteiger partial charge in [-0.2, -0.15) is 0 Å². The topological polar surface area (TPSA) is 42.0 Å². The van der Waals surface area contributed by atoms with Gasteiger partial charge in [-0.3, -0.25) is 4.79 Å². The van der Waals surface area contributed by atoms with Gasteiger partial charge in [0, 0.05) is 5.54 Å². The molecular weight excluding hydrogens is 244 g/mol. The number of nitrogens with one attached hydrogen (secondary N) is 1. The maximum absolute atomic E-state index is 12.2. The van der Waals surface area contributed by atoms with Crippen molar-refractivity contribution < 1.29 is 4.79 Å². The minimum Gasteiger partial charge on any atom is -0.346 e. The highest BCUT2D eigenvalue weighted by molar-refractivity contribution is 7.11. The Morgan fingerprint density at radius 1 is 1.33 bits per heavy atom. The first-order chi connectivity index (χ1) is 8.14. The molecule has 1 aromatic heterocycles. The SMILES string of the molecule is CCc1ncsc1C(=O)NC(C)(C)CC(C)(C)C. The van der Waals surface area contributed by atoms with Crippen molar-refractivity contribution in [2.45, 2.75) is 59.9 Å². The molecule has 4 heteroatoms. The van der Waals surface area contributed by atoms with Crippen molar-refractivity contribution in [2.24, 2.45) is 5.41 Å². The monoisotopic (exact) mass is 268 g/mol. The Balaban J connectivity index is 2.76. The molecule has 0 aliphatic heterocycles. The van der Waals surface area contributed by atoms with E-state index in [1.807, 2.05) is 6.92 Å². The number of thiazole rings is 1. The summed E-state index contributed by atoms with van der Waals surface area (Å²) in [6, 6.07) is 0. The zero-order chi connectivity index (χ0) is 14.0. The highest BCUT2D eigenvalue weighted by atomic mass is 32.1. The molecule has 1 heterocycles. The van der Waals surface area contributed by atoms with Crippen LogP contribution in [0.3, 0.4) is 0 Å². The molecule has 1 amide bonds. The van der Waals surface area contributed by atoms with E-state index in [0.29, 0.717) is 0 Å². The zero-order valence-electron chi connectivity index (χ0n) is 12.3. The van der Waals surface area contributed by atoms with Gasteiger partial charge in [-0.15, -0.1) is 11.3 Å². The van der Waals surface area contributed by atoms with E-state index in [-0.39, 0.29) is 16.9 Å². The van der Waals surface area contributed by atoms with E-state index in [1.54, 1.807) is 5.51 Å². The maximum Gasteiger partial charge on any atom is 0.263 e. The quantitative estimate of drug-likeness (QED) is 0.905. The predicted octanol–water partition coefficient (Wildman–Crippen LogP) is 3.65. The van der Waals surface area contributed by atoms with Gasteiger partial charge in [0.05, 0.1) is 11.2 Å². The normalized spacial score (nSPS) is 12.6. The van der Waals surface area contributed by atoms with E-state index in [0.717, 1.165) is 23.4 Å². The number of carbonyl (C=O) groups excluding carboxylic acids is 1. The molecular formula is C14H24N2OS. The first-order valence-corrected chi connectivity index (χ1v) is 7.27. The molecule has 102 valence electrons. The van der Waals surface area contributed by atoms with Crippen LogP contribution in [0.5, 0.6) is 0 Å². The Kier molecular flexibility index (Phi) is 4.54. The van der Waals surface area contributed by atoms with Gasteiger partial charge in [0.2, 0.25) is 0 Å². The molecule has 0 spiro atoms. The number of carbonyl (C=O) groups is 1. The van der Waals surface area contributed by atoms with Crippen LogP contribution in [0, 0.1) is 5.41 Å². The van der Waals surface area contributed by atoms with Gasteiger partial charge in [0.1, 0.15) is 4.88 Å². The van der Waals surface area contributed by atoms with E-state index in [4.69, 9.17) is 0 Å². The summed E-state index contributed by atoms with van der Waals surface area (Å²) in [5.74, 6) is 0.00333. The van der Waals surface area contributed by atoms with Gasteiger partial charge < -0.3 is 5.32 Å². The fraction of sp³-hybridized carbons (Fsp3) is 0.714. The fourth-order valence-electron chi connectivity index (χ4n) is 2.44. The highest BCUT2D eigenvalue weighted by Crippen LogP contribution is 2.27. The molecule has 0 aromatic carbocycles. The van der Waals surface area contributed by atoms with Crippen LogP contribution < -0.4 is 5.32 Å². The Hall–Kier alpha value is -0.900. The summed E-state index contributed by atoms with van der Waals surface area (Å²) >= 11 is 1.42. The summed E-state index contributed by atoms with van der Waals surface area (Å²) in [5.41, 5.74) is 2.62. The third-order valence-electron chi connectivity index (χ3n) is 2.61. The Bertz CT molecular complexity index is 416. The smallest absolute Gasteiger partial charge is 0.263 e. The van der Waals surface area contributed by atoms with Crippen LogP contribution in [0.2, 0.25) is 0 Å². The summed E-state index contributed by atoms with van der Waals surface area (Å²) in [6.45, 7) is 12.7. The van der Waals surface area contributed by atoms with Gasteiger partial charge >= 0.3 is 0 Å². The number of amides is 1. The van der Waals surface area contributed by atoms with Gasteiger partial charge in [0.25, 0.3) is 5.91 Å². The lowest BCUT2D eigenvalue weighted by molar-refractivity contribution is 0.0894. The largest absolute Gasteiger partial charge is 0.346 e. The molecule has 0 saturated heterocycles. The molecule has 0 bridgehead atoms. The molecule has 0 unspecified atom stereocenters. The van der Waals surface area contributed by atoms with Crippen molar-refractivity contribution >= 4 is 17.2 Å². The van der Waals surface area contributed by atoms with Crippen LogP contribution in [0.25, 0.3) is 0 Å². The molecule has 1 N–H and O–H groups in total. The third-order valence-corrected chi connectivity index (χ3v) is 3.47. The summed E-state index contributed by atoms with van der Waals surface area (Å²) in [7, 11) is 0. The van der Waals surface area contributed by atoms with Crippen molar-refractivity contribution in [3.05, 3.63) is 16.1 Å². The number of hydrogen-bond donors (Lipinski definition) is 1. The highest BCUT2D eigenvalue weighted by Gasteiger charge is 2.28. The standard InChI is InChI=1S/C14H24N2OS/c1-7-10-11(18-9-15-10)12(17)16-14(5,6)8-13(2,3)4/h9H,7-8H2,1-6H3,(H,16,17). The van der Waals surface area contributed by atoms with Crippen LogP contribution in [0.1, 0.15) is 63.3 Å². The number of aryl methyl sites for hydroxylation is 1. The lowest BCUT2D eigenvalue weighted by atomic mass is 9.82. The second kappa shape index (κ2) is 5.39. The molecule has 0 atom stereocenters. The van der Waals surface area contributed by atoms with Gasteiger partial charge in [-0.25, -0.2) is 4.98 Å². The molecule has 0 aliphatic carbocycles. The average Bonchev–Trinajstić information content (AvgIpc) is 2.59. The van der Waals surface area contributed by atoms with Crippen molar-refractivity contribution in [1.82, 2.24) is 10.3 Å². The van der Waals surface area contributed by atoms with Crippen molar-refractivity contribution in [3.63, 3.8) is 0 Å². The fourth-order valence-corrected chi connectivity index (χ4v) is 3.22. The van der Waals surface area contributed by atoms with Gasteiger partial charge in [-0.05, 0) is 32.1 Å². The molecule has 3 nitrogen and oxygen atoms in total. The van der Waals surface area contributed by atoms with Crippen molar-refractivity contribution in [3.8, 4) is 0 Å². The Morgan fingerprint density at radius 2 is 1.94 bits per heavy atom. The van der Waals surface area contributed by atoms with Crippen molar-refractivity contribution in [2.75, 3.05) is 0 Å². The molecule has 0 fully saturated rings. The first-order valence-electron chi connectivity index (χ1n) is 6.39. The number of hydrogen-bond acceptors (Lipinski definition) is 3. The van der Waals surface area contributed by atoms with E-state index in [2.05, 4.69) is 44.9 Å². The predicted molar refractivity (Wildman–Crippen MR) is 77.1 cm³/mol. The van der Waals surface area contributed by atoms with Crippen LogP contribution in [0.15, 0.2) is 5.51 Å². The van der Waals surface area contributed by atoms with Gasteiger partial charge in [0.15, 0.2) is 0 Å². The molecule has 0 saturated carbocycles. The van der Waals surface area contributed by atoms with Crippen LogP contribution in [0.4, 0.5) is 0 Å². The Morgan fingerprint density at radius 3 is 2.44 bits per heavy atom. The van der Waals surface area contributed by atoms with Crippen LogP contribution in [-0.4, -0.2) is 16.4 Å². The van der Waals surface area contributed by atoms with E-state index in [9.17, 15) is 4.79 Å². The molecule has 1 aromatic rings. The molecule has 0 radical (unpaired) electrons. The van der Waals surface area contributed by atoms with Gasteiger partial charge in [-0.1, -0.05) is 27.7 Å². The lowest BCUT2D eigenvalue weighted by Gasteiger charge is -2.33. The summed E-state index contributed by atoms with van der Waals surface area (Å²) in [4.78, 5) is 17.2. The number of aromatic nitrogens is 1. The number of rotatable bonds is 4. The second-order valence-electron chi connectivity index (χ2n) is 6.56. The van der Waals surface area contributed by atoms with Crippen LogP contribution >= 0.6 is 11.3 Å². The Labute approximate surface area is 114 Å². The maximum atomic E-state index is 12.2. The summed E-state index contributed by atoms with van der Waals surface area (Å²) < 4.78 is 0. The second-order valence-corrected chi connectivity index (χ2v) is 7.41. The molecule has 18 heavy (non-hydrogen) atoms. The van der Waals surface area contributed by atoms with E-state index in [1.165, 1.54) is 11.3 Å². The minimum atomic E-state index is -0.204. The van der Waals surface area contributed by atoms with Crippen molar-refractivity contribution in [1.29, 1.82) is 0 Å². The minimum absolute atomic E-state index is 0.00333. The summed E-state index contributed by atoms with van der Waals surface area (Å²) in [5, 5.41) is 3.12. The van der Waals surface area contributed by atoms with Crippen LogP contribution in [-0.2, 0) is 6.42 Å². The summed E-state index contributed by atoms with van der Waals surface area (Å²) in [6.07, 6.45) is 1.73.